The molecule has 0 unspecified atom stereocenters. The van der Waals surface area contributed by atoms with Gasteiger partial charge in [-0.2, -0.15) is 13.2 Å². The van der Waals surface area contributed by atoms with Gasteiger partial charge in [-0.3, -0.25) is 4.40 Å². The van der Waals surface area contributed by atoms with Gasteiger partial charge in [-0.25, -0.2) is 0 Å². The van der Waals surface area contributed by atoms with Gasteiger partial charge < -0.3 is 5.11 Å². The third kappa shape index (κ3) is 2.23. The summed E-state index contributed by atoms with van der Waals surface area (Å²) in [6, 6.07) is 3.74. The molecule has 2 heterocycles. The summed E-state index contributed by atoms with van der Waals surface area (Å²) >= 11 is 0. The summed E-state index contributed by atoms with van der Waals surface area (Å²) in [6.45, 7) is -0.0941. The molecule has 1 N–H and O–H groups in total. The van der Waals surface area contributed by atoms with Crippen LogP contribution >= 0.6 is 0 Å². The fourth-order valence-corrected chi connectivity index (χ4v) is 1.62. The van der Waals surface area contributed by atoms with Crippen LogP contribution in [0.1, 0.15) is 17.9 Å². The SMILES string of the molecule is OCCCc1nnc2cccc(C(F)(F)F)n12. The molecule has 0 saturated heterocycles. The predicted molar refractivity (Wildman–Crippen MR) is 53.4 cm³/mol. The summed E-state index contributed by atoms with van der Waals surface area (Å²) in [5, 5.41) is 16.1. The zero-order valence-corrected chi connectivity index (χ0v) is 8.78. The molecule has 2 rings (SSSR count). The number of hydrogen-bond donors (Lipinski definition) is 1. The van der Waals surface area contributed by atoms with Crippen molar-refractivity contribution in [1.82, 2.24) is 14.6 Å². The van der Waals surface area contributed by atoms with E-state index in [1.54, 1.807) is 0 Å². The zero-order valence-electron chi connectivity index (χ0n) is 8.78. The number of fused-ring (bicyclic) bond motifs is 1. The quantitative estimate of drug-likeness (QED) is 0.894. The summed E-state index contributed by atoms with van der Waals surface area (Å²) in [4.78, 5) is 0. The van der Waals surface area contributed by atoms with Gasteiger partial charge in [0.1, 0.15) is 11.5 Å². The van der Waals surface area contributed by atoms with E-state index >= 15 is 0 Å². The summed E-state index contributed by atoms with van der Waals surface area (Å²) in [6.07, 6.45) is -3.84. The van der Waals surface area contributed by atoms with E-state index in [1.807, 2.05) is 0 Å². The Morgan fingerprint density at radius 2 is 2.00 bits per heavy atom. The summed E-state index contributed by atoms with van der Waals surface area (Å²) in [5.41, 5.74) is -0.638. The topological polar surface area (TPSA) is 50.4 Å². The average molecular weight is 245 g/mol. The number of nitrogens with zero attached hydrogens (tertiary/aromatic N) is 3. The van der Waals surface area contributed by atoms with Gasteiger partial charge in [0.05, 0.1) is 0 Å². The van der Waals surface area contributed by atoms with Crippen molar-refractivity contribution in [1.29, 1.82) is 0 Å². The molecule has 4 nitrogen and oxygen atoms in total. The number of aliphatic hydroxyl groups excluding tert-OH is 1. The molecular formula is C10H10F3N3O. The van der Waals surface area contributed by atoms with Gasteiger partial charge in [0.15, 0.2) is 5.65 Å². The number of aliphatic hydroxyl groups is 1. The highest BCUT2D eigenvalue weighted by molar-refractivity contribution is 5.40. The third-order valence-corrected chi connectivity index (χ3v) is 2.34. The molecule has 0 fully saturated rings. The van der Waals surface area contributed by atoms with E-state index < -0.39 is 11.9 Å². The third-order valence-electron chi connectivity index (χ3n) is 2.34. The van der Waals surface area contributed by atoms with Crippen molar-refractivity contribution < 1.29 is 18.3 Å². The molecule has 2 aromatic rings. The van der Waals surface area contributed by atoms with Crippen molar-refractivity contribution in [2.45, 2.75) is 19.0 Å². The second-order valence-corrected chi connectivity index (χ2v) is 3.55. The van der Waals surface area contributed by atoms with Crippen LogP contribution in [0.5, 0.6) is 0 Å². The van der Waals surface area contributed by atoms with Gasteiger partial charge in [0.2, 0.25) is 0 Å². The second-order valence-electron chi connectivity index (χ2n) is 3.55. The molecule has 0 saturated carbocycles. The van der Waals surface area contributed by atoms with E-state index in [9.17, 15) is 13.2 Å². The monoisotopic (exact) mass is 245 g/mol. The smallest absolute Gasteiger partial charge is 0.396 e. The highest BCUT2D eigenvalue weighted by Crippen LogP contribution is 2.30. The van der Waals surface area contributed by atoms with Gasteiger partial charge in [0.25, 0.3) is 0 Å². The van der Waals surface area contributed by atoms with Gasteiger partial charge in [-0.1, -0.05) is 6.07 Å². The Hall–Kier alpha value is -1.63. The molecule has 17 heavy (non-hydrogen) atoms. The maximum Gasteiger partial charge on any atom is 0.431 e. The predicted octanol–water partition coefficient (Wildman–Crippen LogP) is 1.67. The lowest BCUT2D eigenvalue weighted by Gasteiger charge is -2.10. The van der Waals surface area contributed by atoms with Crippen molar-refractivity contribution in [2.24, 2.45) is 0 Å². The Bertz CT molecular complexity index is 521. The molecule has 7 heteroatoms. The lowest BCUT2D eigenvalue weighted by Crippen LogP contribution is -2.13. The fraction of sp³-hybridized carbons (Fsp3) is 0.400. The van der Waals surface area contributed by atoms with Crippen LogP contribution in [-0.2, 0) is 12.6 Å². The molecule has 0 bridgehead atoms. The lowest BCUT2D eigenvalue weighted by molar-refractivity contribution is -0.142. The minimum absolute atomic E-state index is 0.0941. The van der Waals surface area contributed by atoms with E-state index in [0.29, 0.717) is 6.42 Å². The fourth-order valence-electron chi connectivity index (χ4n) is 1.62. The summed E-state index contributed by atoms with van der Waals surface area (Å²) in [7, 11) is 0. The molecule has 92 valence electrons. The number of alkyl halides is 3. The van der Waals surface area contributed by atoms with Crippen molar-refractivity contribution in [3.8, 4) is 0 Å². The Morgan fingerprint density at radius 3 is 2.65 bits per heavy atom. The highest BCUT2D eigenvalue weighted by Gasteiger charge is 2.34. The van der Waals surface area contributed by atoms with Crippen molar-refractivity contribution in [3.63, 3.8) is 0 Å². The minimum Gasteiger partial charge on any atom is -0.396 e. The molecule has 0 atom stereocenters. The van der Waals surface area contributed by atoms with Crippen molar-refractivity contribution >= 4 is 5.65 Å². The largest absolute Gasteiger partial charge is 0.431 e. The number of halogens is 3. The van der Waals surface area contributed by atoms with Crippen molar-refractivity contribution in [2.75, 3.05) is 6.61 Å². The minimum atomic E-state index is -4.45. The van der Waals surface area contributed by atoms with E-state index in [4.69, 9.17) is 5.11 Å². The first-order valence-corrected chi connectivity index (χ1v) is 5.05. The van der Waals surface area contributed by atoms with Crippen LogP contribution in [0.4, 0.5) is 13.2 Å². The number of hydrogen-bond acceptors (Lipinski definition) is 3. The molecular weight excluding hydrogens is 235 g/mol. The van der Waals surface area contributed by atoms with Gasteiger partial charge in [0, 0.05) is 13.0 Å². The zero-order chi connectivity index (χ0) is 12.5. The van der Waals surface area contributed by atoms with E-state index in [0.717, 1.165) is 10.5 Å². The number of aromatic nitrogens is 3. The first kappa shape index (κ1) is 11.8. The van der Waals surface area contributed by atoms with Crippen LogP contribution in [-0.4, -0.2) is 26.3 Å². The first-order valence-electron chi connectivity index (χ1n) is 5.05. The number of aryl methyl sites for hydroxylation is 1. The van der Waals surface area contributed by atoms with Gasteiger partial charge in [-0.05, 0) is 18.6 Å². The molecule has 0 spiro atoms. The van der Waals surface area contributed by atoms with Crippen LogP contribution in [0.2, 0.25) is 0 Å². The molecule has 0 aliphatic rings. The number of rotatable bonds is 3. The average Bonchev–Trinajstić information content (AvgIpc) is 2.68. The van der Waals surface area contributed by atoms with Crippen LogP contribution in [0.3, 0.4) is 0 Å². The molecule has 0 aromatic carbocycles. The highest BCUT2D eigenvalue weighted by atomic mass is 19.4. The number of pyridine rings is 1. The Balaban J connectivity index is 2.56. The standard InChI is InChI=1S/C10H10F3N3O/c11-10(12,13)7-3-1-4-8-14-15-9(16(7)8)5-2-6-17/h1,3-4,17H,2,5-6H2. The molecule has 0 radical (unpaired) electrons. The van der Waals surface area contributed by atoms with Crippen LogP contribution in [0.25, 0.3) is 5.65 Å². The summed E-state index contributed by atoms with van der Waals surface area (Å²) in [5.74, 6) is 0.210. The van der Waals surface area contributed by atoms with E-state index in [1.165, 1.54) is 12.1 Å². The Morgan fingerprint density at radius 1 is 1.24 bits per heavy atom. The first-order chi connectivity index (χ1) is 8.04. The second kappa shape index (κ2) is 4.33. The van der Waals surface area contributed by atoms with E-state index in [2.05, 4.69) is 10.2 Å². The van der Waals surface area contributed by atoms with Gasteiger partial charge >= 0.3 is 6.18 Å². The van der Waals surface area contributed by atoms with Crippen molar-refractivity contribution in [3.05, 3.63) is 29.7 Å². The summed E-state index contributed by atoms with van der Waals surface area (Å²) < 4.78 is 39.3. The maximum absolute atomic E-state index is 12.8. The Labute approximate surface area is 94.7 Å². The molecule has 0 aliphatic carbocycles. The normalized spacial score (nSPS) is 12.2. The molecule has 0 aliphatic heterocycles. The van der Waals surface area contributed by atoms with Gasteiger partial charge in [-0.15, -0.1) is 10.2 Å². The Kier molecular flexibility index (Phi) is 3.01. The van der Waals surface area contributed by atoms with Crippen LogP contribution < -0.4 is 0 Å². The van der Waals surface area contributed by atoms with Crippen LogP contribution in [0, 0.1) is 0 Å². The molecule has 2 aromatic heterocycles. The van der Waals surface area contributed by atoms with Crippen LogP contribution in [0.15, 0.2) is 18.2 Å². The van der Waals surface area contributed by atoms with E-state index in [-0.39, 0.29) is 24.5 Å². The maximum atomic E-state index is 12.8. The lowest BCUT2D eigenvalue weighted by atomic mass is 10.3. The molecule has 0 amide bonds.